The Hall–Kier alpha value is -3.98. The number of aromatic nitrogens is 4. The predicted molar refractivity (Wildman–Crippen MR) is 104 cm³/mol. The number of nitrogens with zero attached hydrogens (tertiary/aromatic N) is 4. The van der Waals surface area contributed by atoms with Crippen LogP contribution in [0.2, 0.25) is 0 Å². The van der Waals surface area contributed by atoms with Crippen LogP contribution in [-0.4, -0.2) is 27.0 Å². The van der Waals surface area contributed by atoms with Crippen molar-refractivity contribution in [3.05, 3.63) is 72.3 Å². The Balaban J connectivity index is 1.42. The summed E-state index contributed by atoms with van der Waals surface area (Å²) in [5.74, 6) is 1.67. The van der Waals surface area contributed by atoms with Gasteiger partial charge in [-0.1, -0.05) is 11.2 Å². The van der Waals surface area contributed by atoms with Crippen LogP contribution in [0, 0.1) is 0 Å². The maximum Gasteiger partial charge on any atom is 0.320 e. The summed E-state index contributed by atoms with van der Waals surface area (Å²) in [6, 6.07) is 12.6. The lowest BCUT2D eigenvalue weighted by Crippen LogP contribution is -2.15. The molecule has 5 rings (SSSR count). The Morgan fingerprint density at radius 3 is 2.79 bits per heavy atom. The molecule has 9 nitrogen and oxygen atoms in total. The first-order chi connectivity index (χ1) is 14.3. The van der Waals surface area contributed by atoms with Crippen LogP contribution in [0.5, 0.6) is 11.5 Å². The molecule has 144 valence electrons. The molecule has 0 fully saturated rings. The Bertz CT molecular complexity index is 1150. The molecule has 4 aromatic rings. The summed E-state index contributed by atoms with van der Waals surface area (Å²) in [5, 5.41) is 11.3. The van der Waals surface area contributed by atoms with Crippen molar-refractivity contribution in [2.45, 2.75) is 6.04 Å². The monoisotopic (exact) mass is 388 g/mol. The molecular weight excluding hydrogens is 372 g/mol. The minimum Gasteiger partial charge on any atom is -0.454 e. The fourth-order valence-corrected chi connectivity index (χ4v) is 3.04. The average Bonchev–Trinajstić information content (AvgIpc) is 3.43. The summed E-state index contributed by atoms with van der Waals surface area (Å²) in [7, 11) is 0. The van der Waals surface area contributed by atoms with Gasteiger partial charge in [-0.15, -0.1) is 5.10 Å². The van der Waals surface area contributed by atoms with E-state index in [1.54, 1.807) is 30.7 Å². The maximum atomic E-state index is 6.40. The van der Waals surface area contributed by atoms with Gasteiger partial charge in [0.1, 0.15) is 0 Å². The molecule has 3 N–H and O–H groups in total. The van der Waals surface area contributed by atoms with Crippen molar-refractivity contribution in [2.75, 3.05) is 12.1 Å². The summed E-state index contributed by atoms with van der Waals surface area (Å²) in [6.45, 7) is 0.213. The molecule has 1 unspecified atom stereocenters. The highest BCUT2D eigenvalue weighted by atomic mass is 16.7. The van der Waals surface area contributed by atoms with E-state index in [1.165, 1.54) is 0 Å². The van der Waals surface area contributed by atoms with E-state index in [0.717, 1.165) is 11.3 Å². The van der Waals surface area contributed by atoms with Crippen LogP contribution >= 0.6 is 0 Å². The largest absolute Gasteiger partial charge is 0.454 e. The van der Waals surface area contributed by atoms with Gasteiger partial charge >= 0.3 is 6.01 Å². The Labute approximate surface area is 165 Å². The van der Waals surface area contributed by atoms with Crippen LogP contribution in [-0.2, 0) is 0 Å². The molecule has 1 aliphatic rings. The van der Waals surface area contributed by atoms with Gasteiger partial charge in [0.25, 0.3) is 5.89 Å². The lowest BCUT2D eigenvalue weighted by molar-refractivity contribution is 0.174. The Morgan fingerprint density at radius 2 is 1.90 bits per heavy atom. The molecule has 0 bridgehead atoms. The molecule has 0 aliphatic carbocycles. The van der Waals surface area contributed by atoms with E-state index in [1.807, 2.05) is 30.3 Å². The highest BCUT2D eigenvalue weighted by molar-refractivity contribution is 5.62. The van der Waals surface area contributed by atoms with E-state index in [9.17, 15) is 0 Å². The third kappa shape index (κ3) is 3.34. The van der Waals surface area contributed by atoms with Gasteiger partial charge in [-0.25, -0.2) is 0 Å². The normalized spacial score (nSPS) is 13.3. The lowest BCUT2D eigenvalue weighted by Gasteiger charge is -2.13. The topological polar surface area (TPSA) is 121 Å². The Morgan fingerprint density at radius 1 is 1.00 bits per heavy atom. The van der Waals surface area contributed by atoms with Crippen molar-refractivity contribution in [3.63, 3.8) is 0 Å². The van der Waals surface area contributed by atoms with Crippen LogP contribution in [0.4, 0.5) is 11.7 Å². The van der Waals surface area contributed by atoms with Crippen molar-refractivity contribution in [1.82, 2.24) is 20.2 Å². The van der Waals surface area contributed by atoms with Gasteiger partial charge in [-0.3, -0.25) is 9.97 Å². The van der Waals surface area contributed by atoms with Crippen LogP contribution < -0.4 is 20.5 Å². The van der Waals surface area contributed by atoms with E-state index in [2.05, 4.69) is 25.5 Å². The highest BCUT2D eigenvalue weighted by Gasteiger charge is 2.20. The third-order valence-electron chi connectivity index (χ3n) is 4.46. The van der Waals surface area contributed by atoms with E-state index in [0.29, 0.717) is 28.6 Å². The number of rotatable bonds is 5. The minimum absolute atomic E-state index is 0.213. The lowest BCUT2D eigenvalue weighted by atomic mass is 10.0. The van der Waals surface area contributed by atoms with Crippen molar-refractivity contribution >= 4 is 11.7 Å². The number of nitrogens with two attached hydrogens (primary N) is 1. The number of hydrogen-bond acceptors (Lipinski definition) is 9. The molecule has 1 atom stereocenters. The first kappa shape index (κ1) is 17.1. The van der Waals surface area contributed by atoms with Gasteiger partial charge in [0.15, 0.2) is 11.5 Å². The second-order valence-corrected chi connectivity index (χ2v) is 6.31. The number of benzene rings is 1. The molecule has 0 radical (unpaired) electrons. The number of fused-ring (bicyclic) bond motifs is 1. The van der Waals surface area contributed by atoms with Gasteiger partial charge < -0.3 is 24.9 Å². The summed E-state index contributed by atoms with van der Waals surface area (Å²) in [5.41, 5.74) is 9.27. The zero-order valence-electron chi connectivity index (χ0n) is 15.1. The Kier molecular flexibility index (Phi) is 4.26. The number of pyridine rings is 2. The molecule has 0 saturated heterocycles. The molecule has 0 amide bonds. The number of hydrogen-bond donors (Lipinski definition) is 2. The molecule has 1 aromatic carbocycles. The number of nitrogens with one attached hydrogen (secondary N) is 1. The molecule has 29 heavy (non-hydrogen) atoms. The molecule has 0 spiro atoms. The van der Waals surface area contributed by atoms with Gasteiger partial charge in [-0.05, 0) is 35.9 Å². The molecular formula is C20H16N6O3. The highest BCUT2D eigenvalue weighted by Crippen LogP contribution is 2.35. The van der Waals surface area contributed by atoms with Crippen LogP contribution in [0.1, 0.15) is 17.3 Å². The summed E-state index contributed by atoms with van der Waals surface area (Å²) >= 11 is 0. The fourth-order valence-electron chi connectivity index (χ4n) is 3.04. The minimum atomic E-state index is -0.475. The van der Waals surface area contributed by atoms with Gasteiger partial charge in [-0.2, -0.15) is 0 Å². The van der Waals surface area contributed by atoms with Gasteiger partial charge in [0, 0.05) is 30.3 Å². The second kappa shape index (κ2) is 7.21. The zero-order valence-corrected chi connectivity index (χ0v) is 15.1. The van der Waals surface area contributed by atoms with Crippen molar-refractivity contribution in [1.29, 1.82) is 0 Å². The zero-order chi connectivity index (χ0) is 19.6. The summed E-state index contributed by atoms with van der Waals surface area (Å²) in [4.78, 5) is 8.55. The number of anilines is 2. The molecule has 4 heterocycles. The molecule has 9 heteroatoms. The first-order valence-corrected chi connectivity index (χ1v) is 8.89. The van der Waals surface area contributed by atoms with E-state index < -0.39 is 6.04 Å². The van der Waals surface area contributed by atoms with Gasteiger partial charge in [0.05, 0.1) is 17.3 Å². The molecule has 1 aliphatic heterocycles. The van der Waals surface area contributed by atoms with Crippen LogP contribution in [0.3, 0.4) is 0 Å². The van der Waals surface area contributed by atoms with Crippen molar-refractivity contribution in [2.24, 2.45) is 5.73 Å². The van der Waals surface area contributed by atoms with Crippen molar-refractivity contribution < 1.29 is 13.9 Å². The van der Waals surface area contributed by atoms with Crippen LogP contribution in [0.15, 0.2) is 65.5 Å². The maximum absolute atomic E-state index is 6.40. The summed E-state index contributed by atoms with van der Waals surface area (Å²) < 4.78 is 16.5. The van der Waals surface area contributed by atoms with E-state index in [4.69, 9.17) is 19.6 Å². The standard InChI is InChI=1S/C20H16N6O3/c21-17(12-3-1-7-22-10-12)18-14(4-2-8-23-18)19-25-26-20(29-19)24-13-5-6-15-16(9-13)28-11-27-15/h1-10,17H,11,21H2,(H,24,26). The SMILES string of the molecule is NC(c1cccnc1)c1ncccc1-c1nnc(Nc2ccc3c(c2)OCO3)o1. The summed E-state index contributed by atoms with van der Waals surface area (Å²) in [6.07, 6.45) is 5.09. The number of ether oxygens (including phenoxy) is 2. The van der Waals surface area contributed by atoms with E-state index >= 15 is 0 Å². The smallest absolute Gasteiger partial charge is 0.320 e. The molecule has 3 aromatic heterocycles. The first-order valence-electron chi connectivity index (χ1n) is 8.89. The van der Waals surface area contributed by atoms with Crippen LogP contribution in [0.25, 0.3) is 11.5 Å². The van der Waals surface area contributed by atoms with Gasteiger partial charge in [0.2, 0.25) is 6.79 Å². The van der Waals surface area contributed by atoms with Crippen molar-refractivity contribution in [3.8, 4) is 23.0 Å². The third-order valence-corrected chi connectivity index (χ3v) is 4.46. The second-order valence-electron chi connectivity index (χ2n) is 6.31. The fraction of sp³-hybridized carbons (Fsp3) is 0.100. The van der Waals surface area contributed by atoms with E-state index in [-0.39, 0.29) is 12.8 Å². The quantitative estimate of drug-likeness (QED) is 0.531. The predicted octanol–water partition coefficient (Wildman–Crippen LogP) is 3.05. The average molecular weight is 388 g/mol. The molecule has 0 saturated carbocycles.